The summed E-state index contributed by atoms with van der Waals surface area (Å²) in [7, 11) is -2.69. The normalized spacial score (nSPS) is 22.6. The van der Waals surface area contributed by atoms with E-state index in [1.807, 2.05) is 36.4 Å². The summed E-state index contributed by atoms with van der Waals surface area (Å²) in [5.74, 6) is 0. The third-order valence-corrected chi connectivity index (χ3v) is 10.3. The van der Waals surface area contributed by atoms with Gasteiger partial charge in [-0.05, 0) is 20.9 Å². The van der Waals surface area contributed by atoms with Crippen LogP contribution in [0.2, 0.25) is 5.04 Å². The molecule has 2 aromatic carbocycles. The van der Waals surface area contributed by atoms with Crippen molar-refractivity contribution in [2.45, 2.75) is 50.7 Å². The highest BCUT2D eigenvalue weighted by molar-refractivity contribution is 6.99. The minimum absolute atomic E-state index is 0.152. The van der Waals surface area contributed by atoms with Gasteiger partial charge in [-0.2, -0.15) is 0 Å². The van der Waals surface area contributed by atoms with E-state index in [9.17, 15) is 5.11 Å². The van der Waals surface area contributed by atoms with Crippen molar-refractivity contribution in [3.8, 4) is 0 Å². The lowest BCUT2D eigenvalue weighted by atomic mass is 10.1. The van der Waals surface area contributed by atoms with Crippen LogP contribution in [0.15, 0.2) is 65.8 Å². The van der Waals surface area contributed by atoms with Crippen molar-refractivity contribution in [1.29, 1.82) is 0 Å². The fraction of sp³-hybridized carbons (Fsp3) is 0.429. The number of rotatable bonds is 6. The van der Waals surface area contributed by atoms with Gasteiger partial charge < -0.3 is 14.3 Å². The van der Waals surface area contributed by atoms with Crippen LogP contribution >= 0.6 is 0 Å². The Bertz CT molecular complexity index is 780. The van der Waals surface area contributed by atoms with Crippen LogP contribution in [0.5, 0.6) is 0 Å². The summed E-state index contributed by atoms with van der Waals surface area (Å²) in [6.07, 6.45) is -1.10. The molecule has 1 aliphatic rings. The lowest BCUT2D eigenvalue weighted by molar-refractivity contribution is -0.1000. The number of ether oxygens (including phenoxy) is 1. The molecule has 0 aliphatic carbocycles. The Hall–Kier alpha value is -2.15. The second kappa shape index (κ2) is 8.47. The molecule has 1 heterocycles. The molecule has 28 heavy (non-hydrogen) atoms. The van der Waals surface area contributed by atoms with Gasteiger partial charge in [0.05, 0.1) is 18.8 Å². The van der Waals surface area contributed by atoms with E-state index in [0.29, 0.717) is 6.42 Å². The third kappa shape index (κ3) is 3.99. The lowest BCUT2D eigenvalue weighted by Crippen LogP contribution is -2.67. The van der Waals surface area contributed by atoms with Gasteiger partial charge in [0.2, 0.25) is 0 Å². The third-order valence-electron chi connectivity index (χ3n) is 5.29. The number of azide groups is 1. The molecule has 148 valence electrons. The van der Waals surface area contributed by atoms with E-state index in [1.54, 1.807) is 0 Å². The quantitative estimate of drug-likeness (QED) is 0.351. The second-order valence-electron chi connectivity index (χ2n) is 8.11. The molecule has 1 fully saturated rings. The molecule has 7 heteroatoms. The Morgan fingerprint density at radius 1 is 1.11 bits per heavy atom. The summed E-state index contributed by atoms with van der Waals surface area (Å²) in [6, 6.07) is 20.2. The highest BCUT2D eigenvalue weighted by atomic mass is 28.4. The van der Waals surface area contributed by atoms with Crippen LogP contribution in [0.4, 0.5) is 0 Å². The van der Waals surface area contributed by atoms with Crippen LogP contribution in [0, 0.1) is 0 Å². The molecule has 1 saturated heterocycles. The first-order chi connectivity index (χ1) is 13.4. The van der Waals surface area contributed by atoms with Crippen LogP contribution in [0.25, 0.3) is 10.4 Å². The van der Waals surface area contributed by atoms with Crippen molar-refractivity contribution in [1.82, 2.24) is 0 Å². The van der Waals surface area contributed by atoms with Crippen molar-refractivity contribution in [3.63, 3.8) is 0 Å². The van der Waals surface area contributed by atoms with E-state index in [4.69, 9.17) is 14.7 Å². The predicted octanol–water partition coefficient (Wildman–Crippen LogP) is 3.35. The molecule has 1 N–H and O–H groups in total. The van der Waals surface area contributed by atoms with Crippen molar-refractivity contribution in [2.75, 3.05) is 6.61 Å². The Balaban J connectivity index is 2.03. The van der Waals surface area contributed by atoms with Gasteiger partial charge in [0.15, 0.2) is 6.29 Å². The summed E-state index contributed by atoms with van der Waals surface area (Å²) in [5, 5.41) is 15.9. The summed E-state index contributed by atoms with van der Waals surface area (Å²) in [4.78, 5) is 2.90. The van der Waals surface area contributed by atoms with Crippen LogP contribution in [-0.2, 0) is 9.16 Å². The van der Waals surface area contributed by atoms with Gasteiger partial charge in [-0.25, -0.2) is 0 Å². The highest BCUT2D eigenvalue weighted by Crippen LogP contribution is 2.37. The topological polar surface area (TPSA) is 87.5 Å². The summed E-state index contributed by atoms with van der Waals surface area (Å²) in [5.41, 5.74) is 8.83. The van der Waals surface area contributed by atoms with E-state index < -0.39 is 26.8 Å². The van der Waals surface area contributed by atoms with E-state index in [1.165, 1.54) is 10.4 Å². The van der Waals surface area contributed by atoms with Crippen LogP contribution < -0.4 is 10.4 Å². The van der Waals surface area contributed by atoms with Gasteiger partial charge in [0, 0.05) is 11.3 Å². The average molecular weight is 398 g/mol. The van der Waals surface area contributed by atoms with E-state index in [0.717, 1.165) is 0 Å². The van der Waals surface area contributed by atoms with Crippen LogP contribution in [0.3, 0.4) is 0 Å². The Labute approximate surface area is 166 Å². The first kappa shape index (κ1) is 20.6. The molecular formula is C21H27N3O3Si. The zero-order valence-electron chi connectivity index (χ0n) is 16.5. The van der Waals surface area contributed by atoms with Crippen molar-refractivity contribution in [3.05, 3.63) is 71.1 Å². The molecule has 3 rings (SSSR count). The number of aliphatic hydroxyl groups is 1. The molecular weight excluding hydrogens is 370 g/mol. The Morgan fingerprint density at radius 3 is 2.11 bits per heavy atom. The Kier molecular flexibility index (Phi) is 6.22. The van der Waals surface area contributed by atoms with Crippen molar-refractivity contribution < 1.29 is 14.3 Å². The van der Waals surface area contributed by atoms with E-state index in [2.05, 4.69) is 55.1 Å². The van der Waals surface area contributed by atoms with E-state index >= 15 is 0 Å². The molecule has 2 aromatic rings. The number of benzene rings is 2. The van der Waals surface area contributed by atoms with Gasteiger partial charge in [-0.15, -0.1) is 0 Å². The molecule has 0 saturated carbocycles. The molecule has 0 spiro atoms. The monoisotopic (exact) mass is 397 g/mol. The number of hydrogen-bond donors (Lipinski definition) is 1. The van der Waals surface area contributed by atoms with E-state index in [-0.39, 0.29) is 11.6 Å². The van der Waals surface area contributed by atoms with Gasteiger partial charge in [-0.1, -0.05) is 86.5 Å². The summed E-state index contributed by atoms with van der Waals surface area (Å²) >= 11 is 0. The van der Waals surface area contributed by atoms with Gasteiger partial charge >= 0.3 is 0 Å². The molecule has 0 aromatic heterocycles. The first-order valence-corrected chi connectivity index (χ1v) is 11.4. The number of nitrogens with zero attached hydrogens (tertiary/aromatic N) is 3. The molecule has 0 amide bonds. The predicted molar refractivity (Wildman–Crippen MR) is 112 cm³/mol. The largest absolute Gasteiger partial charge is 0.405 e. The maximum absolute atomic E-state index is 9.87. The average Bonchev–Trinajstić information content (AvgIpc) is 3.02. The first-order valence-electron chi connectivity index (χ1n) is 9.51. The molecule has 0 bridgehead atoms. The SMILES string of the molecule is CC(C)(C)[Si](OC[C@H]1OC(O)C[C@@H]1N=[N+]=[N-])(c1ccccc1)c1ccccc1. The minimum atomic E-state index is -2.69. The van der Waals surface area contributed by atoms with Crippen molar-refractivity contribution >= 4 is 18.7 Å². The van der Waals surface area contributed by atoms with Crippen LogP contribution in [-0.4, -0.2) is 38.5 Å². The Morgan fingerprint density at radius 2 is 1.64 bits per heavy atom. The van der Waals surface area contributed by atoms with Crippen LogP contribution in [0.1, 0.15) is 27.2 Å². The smallest absolute Gasteiger partial charge is 0.261 e. The van der Waals surface area contributed by atoms with Crippen molar-refractivity contribution in [2.24, 2.45) is 5.11 Å². The number of aliphatic hydroxyl groups excluding tert-OH is 1. The summed E-state index contributed by atoms with van der Waals surface area (Å²) in [6.45, 7) is 6.87. The standard InChI is InChI=1S/C21H27N3O3Si/c1-21(2,3)28(16-10-6-4-7-11-16,17-12-8-5-9-13-17)26-15-19-18(23-24-22)14-20(25)27-19/h4-13,18-20,25H,14-15H2,1-3H3/t18-,19+,20?/m0/s1. The molecule has 1 aliphatic heterocycles. The molecule has 1 unspecified atom stereocenters. The summed E-state index contributed by atoms with van der Waals surface area (Å²) < 4.78 is 12.4. The molecule has 0 radical (unpaired) electrons. The van der Waals surface area contributed by atoms with Gasteiger partial charge in [-0.3, -0.25) is 0 Å². The zero-order chi connectivity index (χ0) is 20.2. The lowest BCUT2D eigenvalue weighted by Gasteiger charge is -2.43. The zero-order valence-corrected chi connectivity index (χ0v) is 17.5. The fourth-order valence-electron chi connectivity index (χ4n) is 4.01. The fourth-order valence-corrected chi connectivity index (χ4v) is 8.58. The second-order valence-corrected chi connectivity index (χ2v) is 12.4. The number of hydrogen-bond acceptors (Lipinski definition) is 4. The minimum Gasteiger partial charge on any atom is -0.405 e. The molecule has 3 atom stereocenters. The molecule has 6 nitrogen and oxygen atoms in total. The maximum Gasteiger partial charge on any atom is 0.261 e. The maximum atomic E-state index is 9.87. The van der Waals surface area contributed by atoms with Gasteiger partial charge in [0.25, 0.3) is 8.32 Å². The van der Waals surface area contributed by atoms with Gasteiger partial charge in [0.1, 0.15) is 0 Å². The highest BCUT2D eigenvalue weighted by Gasteiger charge is 2.51.